The molecule has 4 atom stereocenters. The minimum absolute atomic E-state index is 0.0139. The lowest BCUT2D eigenvalue weighted by molar-refractivity contribution is -0.164. The van der Waals surface area contributed by atoms with Crippen LogP contribution in [0.5, 0.6) is 5.75 Å². The molecule has 4 aromatic rings. The van der Waals surface area contributed by atoms with Crippen molar-refractivity contribution in [1.82, 2.24) is 25.8 Å². The monoisotopic (exact) mass is 1010 g/mol. The van der Waals surface area contributed by atoms with E-state index in [1.807, 2.05) is 76.5 Å². The summed E-state index contributed by atoms with van der Waals surface area (Å²) in [5, 5.41) is 22.1. The van der Waals surface area contributed by atoms with E-state index in [4.69, 9.17) is 25.8 Å². The molecule has 0 unspecified atom stereocenters. The van der Waals surface area contributed by atoms with Crippen LogP contribution in [0.1, 0.15) is 121 Å². The first kappa shape index (κ1) is 54.3. The number of anilines is 1. The average Bonchev–Trinajstić information content (AvgIpc) is 3.95. The van der Waals surface area contributed by atoms with Crippen LogP contribution >= 0.6 is 22.9 Å². The number of amides is 4. The zero-order valence-corrected chi connectivity index (χ0v) is 44.0. The maximum absolute atomic E-state index is 14.3. The van der Waals surface area contributed by atoms with E-state index in [2.05, 4.69) is 60.0 Å². The molecule has 380 valence electrons. The second kappa shape index (κ2) is 23.0. The van der Waals surface area contributed by atoms with Crippen LogP contribution in [0, 0.1) is 34.5 Å². The van der Waals surface area contributed by atoms with E-state index in [1.165, 1.54) is 11.8 Å². The molecule has 1 saturated carbocycles. The number of carbonyl (C=O) groups is 5. The SMILES string of the molecule is CC(=O)O[C@@H]1C[C@@H](C(=O)N[C@@H](C)c2ccc(-c3scnc3C)cc2)N(C(=O)[C@@H](NC(=O)COCCCCCNc2ccc(C(=O)NC3C(C)(C)C(Oc4ccc(C#N)c(Cl)c4)C3(C)C)cc2)C(C)(C)C)C1. The largest absolute Gasteiger partial charge is 0.489 e. The van der Waals surface area contributed by atoms with Crippen molar-refractivity contribution in [3.63, 3.8) is 0 Å². The number of nitriles is 1. The number of ether oxygens (including phenoxy) is 3. The summed E-state index contributed by atoms with van der Waals surface area (Å²) in [5.41, 5.74) is 5.00. The Balaban J connectivity index is 0.914. The van der Waals surface area contributed by atoms with Gasteiger partial charge in [-0.15, -0.1) is 11.3 Å². The van der Waals surface area contributed by atoms with Crippen LogP contribution in [-0.2, 0) is 28.7 Å². The lowest BCUT2D eigenvalue weighted by atomic mass is 9.49. The molecule has 1 aliphatic heterocycles. The van der Waals surface area contributed by atoms with Gasteiger partial charge in [0.1, 0.15) is 42.7 Å². The van der Waals surface area contributed by atoms with Gasteiger partial charge in [0.2, 0.25) is 17.7 Å². The third kappa shape index (κ3) is 13.3. The summed E-state index contributed by atoms with van der Waals surface area (Å²) in [7, 11) is 0. The number of thiazole rings is 1. The minimum Gasteiger partial charge on any atom is -0.489 e. The van der Waals surface area contributed by atoms with Crippen molar-refractivity contribution in [2.75, 3.05) is 31.6 Å². The van der Waals surface area contributed by atoms with E-state index in [1.54, 1.807) is 41.7 Å². The third-order valence-corrected chi connectivity index (χ3v) is 14.8. The van der Waals surface area contributed by atoms with Crippen LogP contribution in [0.25, 0.3) is 10.4 Å². The van der Waals surface area contributed by atoms with Crippen LogP contribution in [0.4, 0.5) is 5.69 Å². The maximum atomic E-state index is 14.3. The van der Waals surface area contributed by atoms with Gasteiger partial charge in [0, 0.05) is 60.7 Å². The van der Waals surface area contributed by atoms with Crippen molar-refractivity contribution in [2.45, 2.75) is 131 Å². The zero-order chi connectivity index (χ0) is 51.8. The Kier molecular flexibility index (Phi) is 17.6. The summed E-state index contributed by atoms with van der Waals surface area (Å²) in [5.74, 6) is -1.39. The molecule has 0 radical (unpaired) electrons. The first-order valence-corrected chi connectivity index (χ1v) is 25.4. The molecule has 15 nitrogen and oxygen atoms in total. The topological polar surface area (TPSA) is 201 Å². The molecule has 4 amide bonds. The van der Waals surface area contributed by atoms with Crippen molar-refractivity contribution < 1.29 is 38.2 Å². The molecule has 2 fully saturated rings. The summed E-state index contributed by atoms with van der Waals surface area (Å²) >= 11 is 7.81. The number of aryl methyl sites for hydroxylation is 1. The molecule has 71 heavy (non-hydrogen) atoms. The van der Waals surface area contributed by atoms with Crippen LogP contribution < -0.4 is 26.0 Å². The second-order valence-corrected chi connectivity index (χ2v) is 22.1. The Morgan fingerprint density at radius 3 is 2.25 bits per heavy atom. The summed E-state index contributed by atoms with van der Waals surface area (Å²) in [6, 6.07) is 19.9. The van der Waals surface area contributed by atoms with E-state index in [0.29, 0.717) is 41.5 Å². The smallest absolute Gasteiger partial charge is 0.302 e. The van der Waals surface area contributed by atoms with Crippen molar-refractivity contribution in [1.29, 1.82) is 5.26 Å². The molecule has 2 aliphatic rings. The van der Waals surface area contributed by atoms with Gasteiger partial charge in [-0.25, -0.2) is 4.98 Å². The highest BCUT2D eigenvalue weighted by atomic mass is 35.5. The number of hydrogen-bond donors (Lipinski definition) is 4. The van der Waals surface area contributed by atoms with Gasteiger partial charge < -0.3 is 40.4 Å². The molecule has 4 N–H and O–H groups in total. The number of carbonyl (C=O) groups excluding carboxylic acids is 5. The van der Waals surface area contributed by atoms with Crippen LogP contribution in [0.2, 0.25) is 5.02 Å². The molecule has 2 heterocycles. The molecular weight excluding hydrogens is 942 g/mol. The van der Waals surface area contributed by atoms with Crippen LogP contribution in [-0.4, -0.2) is 96.1 Å². The molecule has 6 rings (SSSR count). The van der Waals surface area contributed by atoms with Gasteiger partial charge in [0.15, 0.2) is 0 Å². The third-order valence-electron chi connectivity index (χ3n) is 13.5. The molecular formula is C54H68ClN7O8S. The van der Waals surface area contributed by atoms with Crippen molar-refractivity contribution in [2.24, 2.45) is 16.2 Å². The van der Waals surface area contributed by atoms with Gasteiger partial charge >= 0.3 is 5.97 Å². The highest BCUT2D eigenvalue weighted by Crippen LogP contribution is 2.55. The minimum atomic E-state index is -0.989. The second-order valence-electron chi connectivity index (χ2n) is 20.9. The zero-order valence-electron chi connectivity index (χ0n) is 42.4. The lowest BCUT2D eigenvalue weighted by Crippen LogP contribution is -2.74. The quantitative estimate of drug-likeness (QED) is 0.0487. The summed E-state index contributed by atoms with van der Waals surface area (Å²) in [4.78, 5) is 73.7. The maximum Gasteiger partial charge on any atom is 0.302 e. The van der Waals surface area contributed by atoms with Gasteiger partial charge in [-0.1, -0.05) is 84.3 Å². The van der Waals surface area contributed by atoms with Crippen LogP contribution in [0.3, 0.4) is 0 Å². The Morgan fingerprint density at radius 1 is 0.958 bits per heavy atom. The van der Waals surface area contributed by atoms with Gasteiger partial charge in [0.25, 0.3) is 5.91 Å². The molecule has 17 heteroatoms. The predicted octanol–water partition coefficient (Wildman–Crippen LogP) is 8.80. The summed E-state index contributed by atoms with van der Waals surface area (Å²) in [6.07, 6.45) is 1.63. The Morgan fingerprint density at radius 2 is 1.65 bits per heavy atom. The van der Waals surface area contributed by atoms with Crippen LogP contribution in [0.15, 0.2) is 72.2 Å². The highest BCUT2D eigenvalue weighted by Gasteiger charge is 2.64. The Labute approximate surface area is 426 Å². The fraction of sp³-hybridized carbons (Fsp3) is 0.500. The van der Waals surface area contributed by atoms with Crippen molar-refractivity contribution >= 4 is 58.2 Å². The van der Waals surface area contributed by atoms with Gasteiger partial charge in [0.05, 0.1) is 39.3 Å². The number of benzene rings is 3. The van der Waals surface area contributed by atoms with Gasteiger partial charge in [-0.2, -0.15) is 5.26 Å². The number of nitrogens with one attached hydrogen (secondary N) is 4. The molecule has 0 spiro atoms. The number of rotatable bonds is 20. The predicted molar refractivity (Wildman–Crippen MR) is 275 cm³/mol. The first-order chi connectivity index (χ1) is 33.5. The number of unbranched alkanes of at least 4 members (excludes halogenated alkanes) is 2. The van der Waals surface area contributed by atoms with E-state index >= 15 is 0 Å². The molecule has 1 aliphatic carbocycles. The highest BCUT2D eigenvalue weighted by molar-refractivity contribution is 7.13. The standard InChI is InChI=1S/C54H68ClN7O8S/c1-32(35-14-16-36(17-15-35)45-33(2)58-31-71-45)59-48(66)43-27-41(69-34(3)63)29-62(43)49(67)46(52(4,5)6)60-44(64)30-68-25-13-11-12-24-57-39-21-18-37(19-22-39)47(65)61-50-53(7,8)51(54(50,9)10)70-40-23-20-38(28-56)42(55)26-40/h14-23,26,31-32,41,43,46,50-51,57H,11-13,24-25,27,29-30H2,1-10H3,(H,59,66)(H,60,64)(H,61,65)/t32-,41+,43-,46+,50?,51?/m0/s1. The number of esters is 1. The number of likely N-dealkylation sites (tertiary alicyclic amines) is 1. The lowest BCUT2D eigenvalue weighted by Gasteiger charge is -2.63. The number of halogens is 1. The van der Waals surface area contributed by atoms with E-state index in [0.717, 1.165) is 40.2 Å². The molecule has 0 bridgehead atoms. The van der Waals surface area contributed by atoms with Gasteiger partial charge in [-0.3, -0.25) is 24.0 Å². The molecule has 3 aromatic carbocycles. The first-order valence-electron chi connectivity index (χ1n) is 24.2. The number of nitrogens with zero attached hydrogens (tertiary/aromatic N) is 3. The normalized spacial score (nSPS) is 19.8. The summed E-state index contributed by atoms with van der Waals surface area (Å²) in [6.45, 7) is 19.7. The molecule has 1 aromatic heterocycles. The number of aromatic nitrogens is 1. The van der Waals surface area contributed by atoms with Crippen molar-refractivity contribution in [3.05, 3.63) is 99.6 Å². The van der Waals surface area contributed by atoms with Crippen molar-refractivity contribution in [3.8, 4) is 22.3 Å². The van der Waals surface area contributed by atoms with E-state index in [-0.39, 0.29) is 60.4 Å². The fourth-order valence-corrected chi connectivity index (χ4v) is 11.0. The average molecular weight is 1010 g/mol. The van der Waals surface area contributed by atoms with E-state index in [9.17, 15) is 29.2 Å². The van der Waals surface area contributed by atoms with Gasteiger partial charge in [-0.05, 0) is 86.1 Å². The van der Waals surface area contributed by atoms with E-state index < -0.39 is 41.4 Å². The number of hydrogen-bond acceptors (Lipinski definition) is 12. The summed E-state index contributed by atoms with van der Waals surface area (Å²) < 4.78 is 17.6. The Bertz CT molecular complexity index is 2570. The molecule has 1 saturated heterocycles. The fourth-order valence-electron chi connectivity index (χ4n) is 9.97. The Hall–Kier alpha value is -6.02.